The molecule has 43 heavy (non-hydrogen) atoms. The maximum Gasteiger partial charge on any atom is 0.669 e. The molecule has 0 N–H and O–H groups in total. The van der Waals surface area contributed by atoms with Gasteiger partial charge in [0.15, 0.2) is 8.32 Å². The molecule has 0 aromatic carbocycles. The summed E-state index contributed by atoms with van der Waals surface area (Å²) in [5, 5.41) is 0. The Balaban J connectivity index is 6.91. The van der Waals surface area contributed by atoms with Gasteiger partial charge >= 0.3 is 59.4 Å². The molecule has 0 aliphatic heterocycles. The van der Waals surface area contributed by atoms with Gasteiger partial charge in [0.2, 0.25) is 0 Å². The molecule has 24 heteroatoms. The van der Waals surface area contributed by atoms with Gasteiger partial charge in [0, 0.05) is 40.6 Å². The average molecular weight is 747 g/mol. The van der Waals surface area contributed by atoms with Crippen molar-refractivity contribution < 1.29 is 82.4 Å². The van der Waals surface area contributed by atoms with Crippen LogP contribution in [0.5, 0.6) is 0 Å². The van der Waals surface area contributed by atoms with Crippen LogP contribution in [0, 0.1) is 0 Å². The maximum absolute atomic E-state index is 13.4. The van der Waals surface area contributed by atoms with Crippen molar-refractivity contribution in [3.8, 4) is 0 Å². The predicted octanol–water partition coefficient (Wildman–Crippen LogP) is 8.27. The zero-order chi connectivity index (χ0) is 34.4. The molecule has 0 heterocycles. The fraction of sp³-hybridized carbons (Fsp3) is 1.00. The van der Waals surface area contributed by atoms with Gasteiger partial charge in [-0.15, -0.1) is 0 Å². The highest BCUT2D eigenvalue weighted by molar-refractivity contribution is 6.90. The van der Waals surface area contributed by atoms with E-state index in [1.165, 1.54) is 0 Å². The molecular weight excluding hydrogens is 709 g/mol. The lowest BCUT2D eigenvalue weighted by Gasteiger charge is -2.45. The van der Waals surface area contributed by atoms with Crippen molar-refractivity contribution in [3.05, 3.63) is 0 Å². The summed E-state index contributed by atoms with van der Waals surface area (Å²) >= 11 is 0. The molecule has 3 atom stereocenters. The lowest BCUT2D eigenvalue weighted by atomic mass is 10.5. The van der Waals surface area contributed by atoms with Crippen molar-refractivity contribution in [1.29, 1.82) is 0 Å². The Morgan fingerprint density at radius 3 is 0.953 bits per heavy atom. The van der Waals surface area contributed by atoms with Crippen molar-refractivity contribution in [1.82, 2.24) is 0 Å². The summed E-state index contributed by atoms with van der Waals surface area (Å²) in [6.07, 6.45) is -24.1. The third-order valence-corrected chi connectivity index (χ3v) is 25.5. The topological polar surface area (TPSA) is 64.6 Å². The number of hydrogen-bond donors (Lipinski definition) is 0. The van der Waals surface area contributed by atoms with E-state index in [-0.39, 0.29) is 0 Å². The molecule has 3 unspecified atom stereocenters. The Kier molecular flexibility index (Phi) is 15.2. The highest BCUT2D eigenvalue weighted by Gasteiger charge is 2.57. The largest absolute Gasteiger partial charge is 0.669 e. The first-order valence-electron chi connectivity index (χ1n) is 12.6. The maximum atomic E-state index is 13.4. The average Bonchev–Trinajstić information content (AvgIpc) is 2.75. The van der Waals surface area contributed by atoms with Gasteiger partial charge in [-0.1, -0.05) is 0 Å². The molecule has 260 valence electrons. The summed E-state index contributed by atoms with van der Waals surface area (Å²) < 4.78 is 198. The van der Waals surface area contributed by atoms with Crippen LogP contribution < -0.4 is 0 Å². The van der Waals surface area contributed by atoms with Crippen molar-refractivity contribution in [2.75, 3.05) is 21.3 Å². The first-order valence-corrected chi connectivity index (χ1v) is 24.9. The molecule has 0 aromatic heterocycles. The Morgan fingerprint density at radius 2 is 0.698 bits per heavy atom. The van der Waals surface area contributed by atoms with Crippen LogP contribution in [0.15, 0.2) is 0 Å². The van der Waals surface area contributed by atoms with E-state index in [2.05, 4.69) is 0 Å². The van der Waals surface area contributed by atoms with Crippen LogP contribution >= 0.6 is 0 Å². The Labute approximate surface area is 247 Å². The lowest BCUT2D eigenvalue weighted by molar-refractivity contribution is -0.132. The molecule has 0 amide bonds. The Morgan fingerprint density at radius 1 is 0.419 bits per heavy atom. The van der Waals surface area contributed by atoms with E-state index in [4.69, 9.17) is 29.7 Å². The zero-order valence-corrected chi connectivity index (χ0v) is 29.8. The fourth-order valence-corrected chi connectivity index (χ4v) is 27.3. The number of halogens is 12. The highest BCUT2D eigenvalue weighted by Crippen LogP contribution is 2.40. The summed E-state index contributed by atoms with van der Waals surface area (Å²) in [4.78, 5) is 0. The van der Waals surface area contributed by atoms with E-state index < -0.39 is 111 Å². The SMILES string of the molecule is CO[Si](OC)(OC)O[Si](C)(CCC(F)(F)F)O[Si](C)(CCC(F)(F)F)O[Si](C)(CCC(F)(F)F)O[Si](C)(C)CC(F)(F)F. The normalized spacial score (nSPS) is 18.7. The highest BCUT2D eigenvalue weighted by atomic mass is 28.5. The van der Waals surface area contributed by atoms with Crippen LogP contribution in [0.2, 0.25) is 56.9 Å². The molecule has 0 saturated carbocycles. The van der Waals surface area contributed by atoms with Gasteiger partial charge in [-0.2, -0.15) is 52.7 Å². The summed E-state index contributed by atoms with van der Waals surface area (Å²) in [7, 11) is -18.6. The Bertz CT molecular complexity index is 850. The van der Waals surface area contributed by atoms with E-state index >= 15 is 0 Å². The fourth-order valence-electron chi connectivity index (χ4n) is 4.13. The molecule has 0 bridgehead atoms. The van der Waals surface area contributed by atoms with E-state index in [1.54, 1.807) is 0 Å². The van der Waals surface area contributed by atoms with Crippen LogP contribution in [-0.2, 0) is 29.7 Å². The summed E-state index contributed by atoms with van der Waals surface area (Å²) in [5.41, 5.74) is 0. The number of alkyl halides is 12. The predicted molar refractivity (Wildman–Crippen MR) is 141 cm³/mol. The summed E-state index contributed by atoms with van der Waals surface area (Å²) in [6.45, 7) is 5.09. The van der Waals surface area contributed by atoms with Crippen LogP contribution in [-0.4, -0.2) is 89.1 Å². The number of rotatable bonds is 18. The third kappa shape index (κ3) is 18.6. The molecule has 0 aromatic rings. The summed E-state index contributed by atoms with van der Waals surface area (Å²) in [5.74, 6) is 0. The third-order valence-electron chi connectivity index (χ3n) is 5.66. The molecule has 0 radical (unpaired) electrons. The number of hydrogen-bond acceptors (Lipinski definition) is 7. The van der Waals surface area contributed by atoms with Crippen molar-refractivity contribution in [2.24, 2.45) is 0 Å². The van der Waals surface area contributed by atoms with Crippen LogP contribution in [0.1, 0.15) is 19.3 Å². The second kappa shape index (κ2) is 15.2. The van der Waals surface area contributed by atoms with Gasteiger partial charge in [0.05, 0.1) is 6.04 Å². The van der Waals surface area contributed by atoms with Crippen LogP contribution in [0.4, 0.5) is 52.7 Å². The zero-order valence-electron chi connectivity index (χ0n) is 24.8. The van der Waals surface area contributed by atoms with Crippen molar-refractivity contribution >= 4 is 43.0 Å². The first-order chi connectivity index (χ1) is 18.8. The monoisotopic (exact) mass is 746 g/mol. The molecule has 0 spiro atoms. The first kappa shape index (κ1) is 43.0. The molecule has 0 saturated heterocycles. The second-order valence-electron chi connectivity index (χ2n) is 10.8. The minimum Gasteiger partial charge on any atom is -0.436 e. The van der Waals surface area contributed by atoms with E-state index in [1.807, 2.05) is 0 Å². The van der Waals surface area contributed by atoms with Gasteiger partial charge in [0.1, 0.15) is 0 Å². The van der Waals surface area contributed by atoms with Crippen molar-refractivity contribution in [3.63, 3.8) is 0 Å². The smallest absolute Gasteiger partial charge is 0.436 e. The minimum absolute atomic E-state index is 0.949. The quantitative estimate of drug-likeness (QED) is 0.103. The molecule has 0 rings (SSSR count). The summed E-state index contributed by atoms with van der Waals surface area (Å²) in [6, 6.07) is -4.52. The standard InChI is InChI=1S/C19H38F12O7Si5/c1-32-43(33-2,34-3)38-42(8,14-11-18(26,27)28)37-41(7,13-10-17(23,24)25)36-40(6,12-9-16(20,21)22)35-39(4,5)15-19(29,30)31/h9-15H2,1-8H3. The van der Waals surface area contributed by atoms with Crippen LogP contribution in [0.3, 0.4) is 0 Å². The van der Waals surface area contributed by atoms with Gasteiger partial charge in [-0.3, -0.25) is 0 Å². The molecule has 0 fully saturated rings. The lowest BCUT2D eigenvalue weighted by Crippen LogP contribution is -2.63. The van der Waals surface area contributed by atoms with Gasteiger partial charge in [0.25, 0.3) is 0 Å². The minimum atomic E-state index is -4.87. The molecule has 0 aliphatic rings. The van der Waals surface area contributed by atoms with Crippen molar-refractivity contribution in [2.45, 2.75) is 101 Å². The van der Waals surface area contributed by atoms with Gasteiger partial charge in [-0.25, -0.2) is 0 Å². The van der Waals surface area contributed by atoms with E-state index in [9.17, 15) is 52.7 Å². The Hall–Kier alpha value is -0.0356. The molecular formula is C19H38F12O7Si5. The molecule has 0 aliphatic carbocycles. The van der Waals surface area contributed by atoms with Crippen LogP contribution in [0.25, 0.3) is 0 Å². The van der Waals surface area contributed by atoms with Gasteiger partial charge < -0.3 is 29.7 Å². The van der Waals surface area contributed by atoms with Gasteiger partial charge in [-0.05, 0) is 50.9 Å². The van der Waals surface area contributed by atoms with E-state index in [0.29, 0.717) is 0 Å². The second-order valence-corrected chi connectivity index (χ2v) is 28.5. The molecule has 7 nitrogen and oxygen atoms in total. The van der Waals surface area contributed by atoms with E-state index in [0.717, 1.165) is 54.1 Å².